The van der Waals surface area contributed by atoms with E-state index in [1.807, 2.05) is 18.0 Å². The third-order valence-electron chi connectivity index (χ3n) is 7.25. The van der Waals surface area contributed by atoms with E-state index in [4.69, 9.17) is 9.72 Å². The molecule has 12 nitrogen and oxygen atoms in total. The maximum atomic E-state index is 15.6. The normalized spacial score (nSPS) is 15.4. The van der Waals surface area contributed by atoms with Gasteiger partial charge >= 0.3 is 0 Å². The van der Waals surface area contributed by atoms with Crippen LogP contribution in [0.5, 0.6) is 11.5 Å². The lowest BCUT2D eigenvalue weighted by Crippen LogP contribution is -2.42. The first-order chi connectivity index (χ1) is 20.4. The van der Waals surface area contributed by atoms with Crippen molar-refractivity contribution in [3.8, 4) is 11.5 Å². The van der Waals surface area contributed by atoms with Gasteiger partial charge in [0.2, 0.25) is 11.9 Å². The molecule has 1 aliphatic heterocycles. The summed E-state index contributed by atoms with van der Waals surface area (Å²) in [6.45, 7) is 6.48. The molecule has 0 spiro atoms. The van der Waals surface area contributed by atoms with E-state index in [1.165, 1.54) is 12.4 Å². The van der Waals surface area contributed by atoms with Crippen LogP contribution in [0.2, 0.25) is 0 Å². The van der Waals surface area contributed by atoms with Crippen molar-refractivity contribution in [3.05, 3.63) is 66.9 Å². The van der Waals surface area contributed by atoms with E-state index in [9.17, 15) is 4.79 Å². The van der Waals surface area contributed by atoms with Crippen LogP contribution in [-0.4, -0.2) is 60.0 Å². The van der Waals surface area contributed by atoms with Gasteiger partial charge in [-0.1, -0.05) is 11.8 Å². The lowest BCUT2D eigenvalue weighted by molar-refractivity contribution is -0.117. The number of fused-ring (bicyclic) bond motifs is 2. The van der Waals surface area contributed by atoms with E-state index >= 15 is 4.39 Å². The van der Waals surface area contributed by atoms with Crippen LogP contribution in [0.15, 0.2) is 55.5 Å². The summed E-state index contributed by atoms with van der Waals surface area (Å²) in [5.41, 5.74) is 3.05. The van der Waals surface area contributed by atoms with Gasteiger partial charge in [0, 0.05) is 37.8 Å². The third-order valence-corrected chi connectivity index (χ3v) is 7.25. The van der Waals surface area contributed by atoms with Gasteiger partial charge in [-0.2, -0.15) is 0 Å². The van der Waals surface area contributed by atoms with E-state index in [2.05, 4.69) is 42.5 Å². The molecule has 13 heteroatoms. The van der Waals surface area contributed by atoms with Crippen LogP contribution < -0.4 is 20.3 Å². The highest BCUT2D eigenvalue weighted by atomic mass is 19.1. The summed E-state index contributed by atoms with van der Waals surface area (Å²) < 4.78 is 23.3. The summed E-state index contributed by atoms with van der Waals surface area (Å²) >= 11 is 0. The molecule has 6 rings (SSSR count). The van der Waals surface area contributed by atoms with Gasteiger partial charge in [-0.15, -0.1) is 5.10 Å². The average Bonchev–Trinajstić information content (AvgIpc) is 3.21. The average molecular weight is 569 g/mol. The van der Waals surface area contributed by atoms with Crippen LogP contribution in [0.4, 0.5) is 21.8 Å². The number of aromatic nitrogens is 7. The number of hydrogen-bond donors (Lipinski definition) is 2. The monoisotopic (exact) mass is 568 g/mol. The minimum atomic E-state index is -0.484. The molecule has 0 radical (unpaired) electrons. The highest BCUT2D eigenvalue weighted by molar-refractivity contribution is 5.88. The highest BCUT2D eigenvalue weighted by Crippen LogP contribution is 2.33. The van der Waals surface area contributed by atoms with Crippen molar-refractivity contribution in [2.24, 2.45) is 7.05 Å². The fourth-order valence-corrected chi connectivity index (χ4v) is 5.00. The van der Waals surface area contributed by atoms with Gasteiger partial charge in [0.1, 0.15) is 34.4 Å². The van der Waals surface area contributed by atoms with Crippen LogP contribution in [-0.2, 0) is 11.8 Å². The molecule has 0 unspecified atom stereocenters. The van der Waals surface area contributed by atoms with Gasteiger partial charge in [-0.05, 0) is 56.5 Å². The zero-order valence-electron chi connectivity index (χ0n) is 23.2. The SMILES string of the molecule is C=CC(=O)N[C@@H]1CCCCN(c2ncc3ncnc(Nc4ccc(Oc5ccc6c(c5)nnn6C)c(C)c4F)c3n2)C1. The highest BCUT2D eigenvalue weighted by Gasteiger charge is 2.22. The van der Waals surface area contributed by atoms with Gasteiger partial charge in [-0.25, -0.2) is 29.0 Å². The molecule has 1 fully saturated rings. The third kappa shape index (κ3) is 5.40. The number of rotatable bonds is 7. The molecular weight excluding hydrogens is 539 g/mol. The number of hydrogen-bond acceptors (Lipinski definition) is 10. The summed E-state index contributed by atoms with van der Waals surface area (Å²) in [4.78, 5) is 31.8. The molecule has 3 aromatic heterocycles. The predicted octanol–water partition coefficient (Wildman–Crippen LogP) is 4.35. The first-order valence-electron chi connectivity index (χ1n) is 13.6. The van der Waals surface area contributed by atoms with Gasteiger partial charge < -0.3 is 20.3 Å². The molecule has 2 N–H and O–H groups in total. The van der Waals surface area contributed by atoms with Gasteiger partial charge in [-0.3, -0.25) is 4.79 Å². The minimum absolute atomic E-state index is 0.0535. The number of carbonyl (C=O) groups excluding carboxylic acids is 1. The molecule has 1 saturated heterocycles. The Bertz CT molecular complexity index is 1810. The van der Waals surface area contributed by atoms with Crippen molar-refractivity contribution < 1.29 is 13.9 Å². The first kappa shape index (κ1) is 27.0. The summed E-state index contributed by atoms with van der Waals surface area (Å²) in [6.07, 6.45) is 7.03. The standard InChI is InChI=1S/C29H29FN10O2/c1-4-25(41)34-18-7-5-6-12-40(15-18)29-31-14-22-27(36-29)28(33-16-32-22)35-20-9-11-24(17(2)26(20)30)42-19-8-10-23-21(13-19)37-38-39(23)3/h4,8-11,13-14,16,18H,1,5-7,12,15H2,2-3H3,(H,34,41)(H,32,33,35)/t18-/m1/s1. The molecule has 42 heavy (non-hydrogen) atoms. The van der Waals surface area contributed by atoms with Crippen molar-refractivity contribution in [1.82, 2.24) is 40.2 Å². The van der Waals surface area contributed by atoms with Crippen LogP contribution in [0.3, 0.4) is 0 Å². The van der Waals surface area contributed by atoms with Crippen LogP contribution in [0, 0.1) is 12.7 Å². The second-order valence-corrected chi connectivity index (χ2v) is 10.1. The largest absolute Gasteiger partial charge is 0.457 e. The van der Waals surface area contributed by atoms with Gasteiger partial charge in [0.25, 0.3) is 0 Å². The number of nitrogens with zero attached hydrogens (tertiary/aromatic N) is 8. The quantitative estimate of drug-likeness (QED) is 0.273. The molecule has 0 bridgehead atoms. The second kappa shape index (κ2) is 11.4. The van der Waals surface area contributed by atoms with Crippen molar-refractivity contribution >= 4 is 45.4 Å². The Hall–Kier alpha value is -5.20. The summed E-state index contributed by atoms with van der Waals surface area (Å²) in [5, 5.41) is 14.2. The molecule has 4 heterocycles. The number of aryl methyl sites for hydroxylation is 1. The Balaban J connectivity index is 1.25. The van der Waals surface area contributed by atoms with Crippen molar-refractivity contribution in [2.75, 3.05) is 23.3 Å². The zero-order chi connectivity index (χ0) is 29.2. The number of ether oxygens (including phenoxy) is 1. The summed E-state index contributed by atoms with van der Waals surface area (Å²) in [5.74, 6) is 1.04. The summed E-state index contributed by atoms with van der Waals surface area (Å²) in [6, 6.07) is 8.64. The molecule has 0 saturated carbocycles. The molecule has 1 atom stereocenters. The number of benzene rings is 2. The number of nitrogens with one attached hydrogen (secondary N) is 2. The smallest absolute Gasteiger partial charge is 0.243 e. The molecular formula is C29H29FN10O2. The van der Waals surface area contributed by atoms with E-state index in [-0.39, 0.29) is 17.6 Å². The molecule has 214 valence electrons. The van der Waals surface area contributed by atoms with E-state index in [0.29, 0.717) is 51.9 Å². The number of anilines is 3. The Kier molecular flexibility index (Phi) is 7.30. The molecule has 1 aliphatic rings. The lowest BCUT2D eigenvalue weighted by Gasteiger charge is -2.25. The van der Waals surface area contributed by atoms with Gasteiger partial charge in [0.15, 0.2) is 11.6 Å². The van der Waals surface area contributed by atoms with Crippen LogP contribution >= 0.6 is 0 Å². The lowest BCUT2D eigenvalue weighted by atomic mass is 10.1. The van der Waals surface area contributed by atoms with E-state index in [1.54, 1.807) is 42.1 Å². The van der Waals surface area contributed by atoms with Crippen molar-refractivity contribution in [3.63, 3.8) is 0 Å². The van der Waals surface area contributed by atoms with E-state index < -0.39 is 5.82 Å². The fraction of sp³-hybridized carbons (Fsp3) is 0.276. The second-order valence-electron chi connectivity index (χ2n) is 10.1. The Morgan fingerprint density at radius 3 is 2.90 bits per heavy atom. The Morgan fingerprint density at radius 2 is 2.05 bits per heavy atom. The van der Waals surface area contributed by atoms with E-state index in [0.717, 1.165) is 31.3 Å². The maximum absolute atomic E-state index is 15.6. The number of carbonyl (C=O) groups is 1. The maximum Gasteiger partial charge on any atom is 0.243 e. The Labute approximate surface area is 240 Å². The molecule has 2 aromatic carbocycles. The molecule has 1 amide bonds. The van der Waals surface area contributed by atoms with Crippen LogP contribution in [0.1, 0.15) is 24.8 Å². The topological polar surface area (TPSA) is 136 Å². The first-order valence-corrected chi connectivity index (χ1v) is 13.6. The van der Waals surface area contributed by atoms with Gasteiger partial charge in [0.05, 0.1) is 17.4 Å². The Morgan fingerprint density at radius 1 is 1.17 bits per heavy atom. The molecule has 0 aliphatic carbocycles. The summed E-state index contributed by atoms with van der Waals surface area (Å²) in [7, 11) is 1.81. The fourth-order valence-electron chi connectivity index (χ4n) is 5.00. The minimum Gasteiger partial charge on any atom is -0.457 e. The number of halogens is 1. The van der Waals surface area contributed by atoms with Crippen molar-refractivity contribution in [1.29, 1.82) is 0 Å². The zero-order valence-corrected chi connectivity index (χ0v) is 23.2. The molecule has 5 aromatic rings. The van der Waals surface area contributed by atoms with Crippen molar-refractivity contribution in [2.45, 2.75) is 32.2 Å². The predicted molar refractivity (Wildman–Crippen MR) is 156 cm³/mol. The van der Waals surface area contributed by atoms with Crippen LogP contribution in [0.25, 0.3) is 22.1 Å². The number of amides is 1.